The van der Waals surface area contributed by atoms with Gasteiger partial charge in [0.1, 0.15) is 5.75 Å². The quantitative estimate of drug-likeness (QED) is 0.670. The van der Waals surface area contributed by atoms with Crippen molar-refractivity contribution in [3.63, 3.8) is 0 Å². The molecule has 4 rings (SSSR count). The van der Waals surface area contributed by atoms with Crippen LogP contribution in [0.1, 0.15) is 24.8 Å². The Bertz CT molecular complexity index is 326. The average molecular weight is 174 g/mol. The number of methoxy groups -OCH3 is 1. The van der Waals surface area contributed by atoms with Gasteiger partial charge in [0, 0.05) is 0 Å². The molecule has 3 saturated carbocycles. The third-order valence-electron chi connectivity index (χ3n) is 3.72. The van der Waals surface area contributed by atoms with Crippen molar-refractivity contribution < 1.29 is 4.74 Å². The van der Waals surface area contributed by atoms with Crippen LogP contribution >= 0.6 is 0 Å². The molecule has 1 aromatic rings. The van der Waals surface area contributed by atoms with E-state index in [9.17, 15) is 0 Å². The molecule has 0 N–H and O–H groups in total. The van der Waals surface area contributed by atoms with Gasteiger partial charge in [-0.1, -0.05) is 12.1 Å². The van der Waals surface area contributed by atoms with Gasteiger partial charge >= 0.3 is 0 Å². The lowest BCUT2D eigenvalue weighted by Crippen LogP contribution is -2.55. The molecule has 0 unspecified atom stereocenters. The number of benzene rings is 1. The first-order valence-electron chi connectivity index (χ1n) is 4.97. The summed E-state index contributed by atoms with van der Waals surface area (Å²) in [5.74, 6) is 2.05. The highest BCUT2D eigenvalue weighted by molar-refractivity contribution is 5.39. The Kier molecular flexibility index (Phi) is 1.30. The predicted molar refractivity (Wildman–Crippen MR) is 52.0 cm³/mol. The topological polar surface area (TPSA) is 9.23 Å². The Labute approximate surface area is 78.7 Å². The normalized spacial score (nSPS) is 34.7. The molecule has 0 atom stereocenters. The van der Waals surface area contributed by atoms with E-state index in [1.807, 2.05) is 6.07 Å². The van der Waals surface area contributed by atoms with Crippen molar-refractivity contribution in [2.45, 2.75) is 24.7 Å². The van der Waals surface area contributed by atoms with Crippen LogP contribution in [-0.4, -0.2) is 7.11 Å². The summed E-state index contributed by atoms with van der Waals surface area (Å²) in [6.07, 6.45) is 4.25. The second-order valence-electron chi connectivity index (χ2n) is 4.49. The number of ether oxygens (including phenoxy) is 1. The fourth-order valence-corrected chi connectivity index (χ4v) is 2.78. The predicted octanol–water partition coefficient (Wildman–Crippen LogP) is 2.75. The molecule has 0 heterocycles. The lowest BCUT2D eigenvalue weighted by molar-refractivity contribution is -0.0275. The Morgan fingerprint density at radius 1 is 1.31 bits per heavy atom. The van der Waals surface area contributed by atoms with Gasteiger partial charge in [-0.25, -0.2) is 0 Å². The molecule has 68 valence electrons. The Balaban J connectivity index is 1.95. The zero-order chi connectivity index (χ0) is 8.89. The van der Waals surface area contributed by atoms with Gasteiger partial charge in [0.2, 0.25) is 0 Å². The first-order valence-corrected chi connectivity index (χ1v) is 4.97. The minimum atomic E-state index is 0.569. The fraction of sp³-hybridized carbons (Fsp3) is 0.500. The zero-order valence-electron chi connectivity index (χ0n) is 7.92. The van der Waals surface area contributed by atoms with Crippen molar-refractivity contribution in [1.82, 2.24) is 0 Å². The average Bonchev–Trinajstić information content (AvgIpc) is 1.99. The summed E-state index contributed by atoms with van der Waals surface area (Å²) >= 11 is 0. The van der Waals surface area contributed by atoms with E-state index < -0.39 is 0 Å². The minimum absolute atomic E-state index is 0.569. The summed E-state index contributed by atoms with van der Waals surface area (Å²) in [7, 11) is 1.74. The SMILES string of the molecule is COc1cccc(C23CC(C2)C3)c1. The molecule has 0 radical (unpaired) electrons. The summed E-state index contributed by atoms with van der Waals surface area (Å²) in [6, 6.07) is 8.58. The molecule has 0 saturated heterocycles. The van der Waals surface area contributed by atoms with E-state index >= 15 is 0 Å². The minimum Gasteiger partial charge on any atom is -0.497 e. The number of hydrogen-bond acceptors (Lipinski definition) is 1. The van der Waals surface area contributed by atoms with Gasteiger partial charge in [-0.05, 0) is 48.3 Å². The van der Waals surface area contributed by atoms with Crippen molar-refractivity contribution >= 4 is 0 Å². The van der Waals surface area contributed by atoms with E-state index in [1.165, 1.54) is 24.8 Å². The lowest BCUT2D eigenvalue weighted by Gasteiger charge is -2.62. The van der Waals surface area contributed by atoms with Gasteiger partial charge in [0.05, 0.1) is 7.11 Å². The van der Waals surface area contributed by atoms with Crippen LogP contribution in [-0.2, 0) is 5.41 Å². The summed E-state index contributed by atoms with van der Waals surface area (Å²) in [5, 5.41) is 0. The fourth-order valence-electron chi connectivity index (χ4n) is 2.78. The van der Waals surface area contributed by atoms with Crippen LogP contribution in [0.25, 0.3) is 0 Å². The standard InChI is InChI=1S/C12H14O/c1-13-11-4-2-3-10(5-11)12-6-9(7-12)8-12/h2-5,9H,6-8H2,1H3. The van der Waals surface area contributed by atoms with E-state index in [2.05, 4.69) is 18.2 Å². The highest BCUT2D eigenvalue weighted by atomic mass is 16.5. The second kappa shape index (κ2) is 2.28. The molecule has 0 aromatic heterocycles. The molecule has 2 bridgehead atoms. The monoisotopic (exact) mass is 174 g/mol. The van der Waals surface area contributed by atoms with Crippen molar-refractivity contribution in [2.24, 2.45) is 5.92 Å². The van der Waals surface area contributed by atoms with Crippen LogP contribution in [0.2, 0.25) is 0 Å². The highest BCUT2D eigenvalue weighted by Crippen LogP contribution is 2.65. The van der Waals surface area contributed by atoms with E-state index in [4.69, 9.17) is 4.74 Å². The Morgan fingerprint density at radius 3 is 2.62 bits per heavy atom. The van der Waals surface area contributed by atoms with Gasteiger partial charge < -0.3 is 4.74 Å². The van der Waals surface area contributed by atoms with Crippen LogP contribution in [0.5, 0.6) is 5.75 Å². The van der Waals surface area contributed by atoms with Crippen molar-refractivity contribution in [3.05, 3.63) is 29.8 Å². The third kappa shape index (κ3) is 0.874. The molecular formula is C12H14O. The van der Waals surface area contributed by atoms with Crippen LogP contribution in [0.4, 0.5) is 0 Å². The molecule has 13 heavy (non-hydrogen) atoms. The first-order chi connectivity index (χ1) is 6.32. The Hall–Kier alpha value is -0.980. The third-order valence-corrected chi connectivity index (χ3v) is 3.72. The molecule has 0 amide bonds. The highest BCUT2D eigenvalue weighted by Gasteiger charge is 2.57. The second-order valence-corrected chi connectivity index (χ2v) is 4.49. The van der Waals surface area contributed by atoms with Gasteiger partial charge in [-0.15, -0.1) is 0 Å². The summed E-state index contributed by atoms with van der Waals surface area (Å²) in [6.45, 7) is 0. The number of hydrogen-bond donors (Lipinski definition) is 0. The van der Waals surface area contributed by atoms with Crippen LogP contribution < -0.4 is 4.74 Å². The van der Waals surface area contributed by atoms with Gasteiger partial charge in [0.15, 0.2) is 0 Å². The first kappa shape index (κ1) is 7.43. The van der Waals surface area contributed by atoms with Crippen molar-refractivity contribution in [1.29, 1.82) is 0 Å². The molecule has 1 nitrogen and oxygen atoms in total. The van der Waals surface area contributed by atoms with Gasteiger partial charge in [0.25, 0.3) is 0 Å². The molecule has 1 heteroatoms. The molecule has 3 aliphatic carbocycles. The van der Waals surface area contributed by atoms with Crippen LogP contribution in [0.15, 0.2) is 24.3 Å². The molecule has 3 aliphatic rings. The van der Waals surface area contributed by atoms with E-state index in [1.54, 1.807) is 7.11 Å². The maximum Gasteiger partial charge on any atom is 0.119 e. The Morgan fingerprint density at radius 2 is 2.08 bits per heavy atom. The maximum absolute atomic E-state index is 5.24. The zero-order valence-corrected chi connectivity index (χ0v) is 7.92. The van der Waals surface area contributed by atoms with Crippen molar-refractivity contribution in [2.75, 3.05) is 7.11 Å². The number of rotatable bonds is 2. The molecule has 1 aromatic carbocycles. The summed E-state index contributed by atoms with van der Waals surface area (Å²) < 4.78 is 5.24. The lowest BCUT2D eigenvalue weighted by atomic mass is 9.42. The molecule has 0 spiro atoms. The van der Waals surface area contributed by atoms with Gasteiger partial charge in [-0.2, -0.15) is 0 Å². The summed E-state index contributed by atoms with van der Waals surface area (Å²) in [5.41, 5.74) is 2.06. The van der Waals surface area contributed by atoms with Gasteiger partial charge in [-0.3, -0.25) is 0 Å². The van der Waals surface area contributed by atoms with Crippen LogP contribution in [0.3, 0.4) is 0 Å². The smallest absolute Gasteiger partial charge is 0.119 e. The van der Waals surface area contributed by atoms with E-state index in [-0.39, 0.29) is 0 Å². The van der Waals surface area contributed by atoms with E-state index in [0.29, 0.717) is 5.41 Å². The molecule has 3 fully saturated rings. The van der Waals surface area contributed by atoms with Crippen molar-refractivity contribution in [3.8, 4) is 5.75 Å². The molecule has 0 aliphatic heterocycles. The molecular weight excluding hydrogens is 160 g/mol. The maximum atomic E-state index is 5.24. The largest absolute Gasteiger partial charge is 0.497 e. The summed E-state index contributed by atoms with van der Waals surface area (Å²) in [4.78, 5) is 0. The van der Waals surface area contributed by atoms with Crippen LogP contribution in [0, 0.1) is 5.92 Å². The van der Waals surface area contributed by atoms with E-state index in [0.717, 1.165) is 11.7 Å².